The second-order valence-electron chi connectivity index (χ2n) is 5.64. The minimum Gasteiger partial charge on any atom is -0.481 e. The van der Waals surface area contributed by atoms with E-state index >= 15 is 0 Å². The molecule has 0 unspecified atom stereocenters. The molecule has 0 radical (unpaired) electrons. The summed E-state index contributed by atoms with van der Waals surface area (Å²) in [7, 11) is 0.985. The molecule has 0 saturated carbocycles. The Balaban J connectivity index is 2.20. The van der Waals surface area contributed by atoms with E-state index < -0.39 is 34.7 Å². The summed E-state index contributed by atoms with van der Waals surface area (Å²) in [5.41, 5.74) is -3.20. The number of anilines is 1. The van der Waals surface area contributed by atoms with Crippen molar-refractivity contribution in [2.45, 2.75) is 6.18 Å². The Kier molecular flexibility index (Phi) is 4.39. The first-order valence-corrected chi connectivity index (χ1v) is 7.49. The van der Waals surface area contributed by atoms with Crippen molar-refractivity contribution in [1.29, 1.82) is 0 Å². The van der Waals surface area contributed by atoms with Crippen LogP contribution in [0.15, 0.2) is 23.0 Å². The molecule has 1 aliphatic rings. The van der Waals surface area contributed by atoms with E-state index in [1.807, 2.05) is 0 Å². The first kappa shape index (κ1) is 18.4. The lowest BCUT2D eigenvalue weighted by molar-refractivity contribution is -0.144. The second kappa shape index (κ2) is 6.42. The molecule has 0 saturated heterocycles. The van der Waals surface area contributed by atoms with E-state index in [-0.39, 0.29) is 30.2 Å². The molecule has 140 valence electrons. The predicted octanol–water partition coefficient (Wildman–Crippen LogP) is 1.96. The molecular formula is C17H11F4N3O3. The Labute approximate surface area is 150 Å². The third-order valence-electron chi connectivity index (χ3n) is 3.89. The van der Waals surface area contributed by atoms with Crippen molar-refractivity contribution >= 4 is 11.6 Å². The maximum Gasteiger partial charge on any atom is 0.433 e. The lowest BCUT2D eigenvalue weighted by atomic mass is 10.1. The smallest absolute Gasteiger partial charge is 0.433 e. The number of carbonyl (C=O) groups excluding carboxylic acids is 1. The minimum absolute atomic E-state index is 0.0230. The monoisotopic (exact) mass is 381 g/mol. The highest BCUT2D eigenvalue weighted by atomic mass is 19.4. The lowest BCUT2D eigenvalue weighted by Gasteiger charge is -2.28. The average Bonchev–Trinajstić information content (AvgIpc) is 2.58. The number of ether oxygens (including phenoxy) is 1. The highest BCUT2D eigenvalue weighted by Crippen LogP contribution is 2.37. The standard InChI is InChI=1S/C17H11F4N3O3/c1-3-4-24-11-5-9(10(18)6-13(11)27-8-15(24)26)16-12(25)7-14(17(19,20)21)23(2)22-16/h1,5-7H,4,8H2,2H3. The molecule has 0 bridgehead atoms. The first-order valence-electron chi connectivity index (χ1n) is 7.49. The molecule has 0 atom stereocenters. The first-order chi connectivity index (χ1) is 12.6. The van der Waals surface area contributed by atoms with E-state index in [4.69, 9.17) is 11.2 Å². The molecule has 1 aromatic carbocycles. The zero-order chi connectivity index (χ0) is 19.9. The summed E-state index contributed by atoms with van der Waals surface area (Å²) in [6, 6.07) is 2.37. The summed E-state index contributed by atoms with van der Waals surface area (Å²) in [4.78, 5) is 25.3. The largest absolute Gasteiger partial charge is 0.481 e. The van der Waals surface area contributed by atoms with Crippen molar-refractivity contribution in [3.63, 3.8) is 0 Å². The molecule has 3 rings (SSSR count). The number of terminal acetylenes is 1. The number of carbonyl (C=O) groups is 1. The van der Waals surface area contributed by atoms with Crippen molar-refractivity contribution in [2.75, 3.05) is 18.1 Å². The fourth-order valence-electron chi connectivity index (χ4n) is 2.66. The highest BCUT2D eigenvalue weighted by molar-refractivity contribution is 5.99. The maximum absolute atomic E-state index is 14.5. The predicted molar refractivity (Wildman–Crippen MR) is 86.6 cm³/mol. The Morgan fingerprint density at radius 2 is 2.00 bits per heavy atom. The van der Waals surface area contributed by atoms with Gasteiger partial charge in [0, 0.05) is 24.7 Å². The molecule has 6 nitrogen and oxygen atoms in total. The quantitative estimate of drug-likeness (QED) is 0.589. The number of amides is 1. The number of alkyl halides is 3. The van der Waals surface area contributed by atoms with Gasteiger partial charge in [-0.2, -0.15) is 18.3 Å². The van der Waals surface area contributed by atoms with E-state index in [0.29, 0.717) is 10.7 Å². The number of halogens is 4. The summed E-state index contributed by atoms with van der Waals surface area (Å²) in [6.45, 7) is -0.466. The van der Waals surface area contributed by atoms with Gasteiger partial charge >= 0.3 is 6.18 Å². The van der Waals surface area contributed by atoms with Crippen LogP contribution in [-0.4, -0.2) is 28.8 Å². The van der Waals surface area contributed by atoms with Crippen molar-refractivity contribution in [3.05, 3.63) is 39.9 Å². The molecule has 0 fully saturated rings. The topological polar surface area (TPSA) is 64.4 Å². The van der Waals surface area contributed by atoms with Crippen LogP contribution in [0.2, 0.25) is 0 Å². The van der Waals surface area contributed by atoms with E-state index in [1.165, 1.54) is 0 Å². The zero-order valence-electron chi connectivity index (χ0n) is 13.8. The Morgan fingerprint density at radius 3 is 2.63 bits per heavy atom. The third-order valence-corrected chi connectivity index (χ3v) is 3.89. The Hall–Kier alpha value is -3.35. The molecule has 27 heavy (non-hydrogen) atoms. The van der Waals surface area contributed by atoms with Gasteiger partial charge in [-0.3, -0.25) is 19.2 Å². The number of hydrogen-bond acceptors (Lipinski definition) is 4. The molecule has 0 aliphatic carbocycles. The molecule has 0 N–H and O–H groups in total. The summed E-state index contributed by atoms with van der Waals surface area (Å²) in [5, 5.41) is 3.57. The van der Waals surface area contributed by atoms with Crippen LogP contribution in [0.3, 0.4) is 0 Å². The van der Waals surface area contributed by atoms with Gasteiger partial charge in [-0.25, -0.2) is 4.39 Å². The molecule has 0 spiro atoms. The van der Waals surface area contributed by atoms with E-state index in [2.05, 4.69) is 11.0 Å². The van der Waals surface area contributed by atoms with Crippen LogP contribution in [0, 0.1) is 18.2 Å². The van der Waals surface area contributed by atoms with E-state index in [0.717, 1.165) is 24.1 Å². The van der Waals surface area contributed by atoms with Gasteiger partial charge in [0.15, 0.2) is 6.61 Å². The fraction of sp³-hybridized carbons (Fsp3) is 0.235. The van der Waals surface area contributed by atoms with Crippen LogP contribution in [0.4, 0.5) is 23.2 Å². The molecule has 10 heteroatoms. The number of aromatic nitrogens is 2. The minimum atomic E-state index is -4.79. The summed E-state index contributed by atoms with van der Waals surface area (Å²) in [6.07, 6.45) is 0.434. The SMILES string of the molecule is C#CCN1C(=O)COc2cc(F)c(-c3nn(C)c(C(F)(F)F)cc3=O)cc21. The van der Waals surface area contributed by atoms with Crippen LogP contribution < -0.4 is 15.1 Å². The van der Waals surface area contributed by atoms with Crippen molar-refractivity contribution in [1.82, 2.24) is 9.78 Å². The van der Waals surface area contributed by atoms with Crippen molar-refractivity contribution in [2.24, 2.45) is 7.05 Å². The van der Waals surface area contributed by atoms with Gasteiger partial charge in [0.25, 0.3) is 5.91 Å². The summed E-state index contributed by atoms with van der Waals surface area (Å²) < 4.78 is 58.8. The Bertz CT molecular complexity index is 1040. The van der Waals surface area contributed by atoms with Gasteiger partial charge in [-0.1, -0.05) is 5.92 Å². The normalized spacial score (nSPS) is 13.8. The number of nitrogens with zero attached hydrogens (tertiary/aromatic N) is 3. The van der Waals surface area contributed by atoms with Gasteiger partial charge in [0.2, 0.25) is 5.43 Å². The zero-order valence-corrected chi connectivity index (χ0v) is 13.8. The summed E-state index contributed by atoms with van der Waals surface area (Å²) >= 11 is 0. The van der Waals surface area contributed by atoms with Gasteiger partial charge < -0.3 is 4.74 Å². The lowest BCUT2D eigenvalue weighted by Crippen LogP contribution is -2.39. The molecule has 1 aliphatic heterocycles. The maximum atomic E-state index is 14.5. The van der Waals surface area contributed by atoms with Gasteiger partial charge in [-0.05, 0) is 6.07 Å². The second-order valence-corrected chi connectivity index (χ2v) is 5.64. The number of rotatable bonds is 2. The highest BCUT2D eigenvalue weighted by Gasteiger charge is 2.35. The third kappa shape index (κ3) is 3.23. The number of aryl methyl sites for hydroxylation is 1. The van der Waals surface area contributed by atoms with E-state index in [1.54, 1.807) is 0 Å². The van der Waals surface area contributed by atoms with E-state index in [9.17, 15) is 27.2 Å². The van der Waals surface area contributed by atoms with Gasteiger partial charge in [-0.15, -0.1) is 6.42 Å². The van der Waals surface area contributed by atoms with Crippen molar-refractivity contribution in [3.8, 4) is 29.4 Å². The van der Waals surface area contributed by atoms with Gasteiger partial charge in [0.1, 0.15) is 23.0 Å². The molecule has 2 heterocycles. The molecule has 1 amide bonds. The van der Waals surface area contributed by atoms with Crippen LogP contribution >= 0.6 is 0 Å². The molecule has 2 aromatic rings. The molecule has 1 aromatic heterocycles. The molecular weight excluding hydrogens is 370 g/mol. The van der Waals surface area contributed by atoms with Crippen LogP contribution in [0.25, 0.3) is 11.3 Å². The number of fused-ring (bicyclic) bond motifs is 1. The summed E-state index contributed by atoms with van der Waals surface area (Å²) in [5.74, 6) is 0.882. The number of benzene rings is 1. The van der Waals surface area contributed by atoms with Crippen LogP contribution in [0.5, 0.6) is 5.75 Å². The average molecular weight is 381 g/mol. The number of hydrogen-bond donors (Lipinski definition) is 0. The van der Waals surface area contributed by atoms with Crippen LogP contribution in [0.1, 0.15) is 5.69 Å². The van der Waals surface area contributed by atoms with Gasteiger partial charge in [0.05, 0.1) is 12.2 Å². The van der Waals surface area contributed by atoms with Crippen molar-refractivity contribution < 1.29 is 27.1 Å². The van der Waals surface area contributed by atoms with Crippen LogP contribution in [-0.2, 0) is 18.0 Å². The fourth-order valence-corrected chi connectivity index (χ4v) is 2.66. The Morgan fingerprint density at radius 1 is 1.30 bits per heavy atom.